The second-order valence-corrected chi connectivity index (χ2v) is 11.9. The minimum absolute atomic E-state index is 0.129. The Kier molecular flexibility index (Phi) is 8.31. The Bertz CT molecular complexity index is 1730. The maximum absolute atomic E-state index is 14.3. The normalized spacial score (nSPS) is 13.3. The number of rotatable bonds is 9. The number of esters is 1. The molecule has 0 atom stereocenters. The highest BCUT2D eigenvalue weighted by molar-refractivity contribution is 7.90. The fraction of sp³-hybridized carbons (Fsp3) is 0.182. The fourth-order valence-electron chi connectivity index (χ4n) is 4.90. The van der Waals surface area contributed by atoms with Gasteiger partial charge in [0.05, 0.1) is 10.5 Å². The van der Waals surface area contributed by atoms with Crippen LogP contribution in [0.5, 0.6) is 5.75 Å². The number of hydrogen-bond acceptors (Lipinski definition) is 5. The molecule has 4 aromatic rings. The number of carbonyl (C=O) groups excluding carboxylic acids is 1. The Morgan fingerprint density at radius 1 is 0.829 bits per heavy atom. The summed E-state index contributed by atoms with van der Waals surface area (Å²) in [4.78, 5) is 13.0. The summed E-state index contributed by atoms with van der Waals surface area (Å²) in [6.45, 7) is -0.00579. The molecule has 0 spiro atoms. The minimum Gasteiger partial charge on any atom is -0.488 e. The predicted octanol–water partition coefficient (Wildman–Crippen LogP) is 7.40. The molecule has 0 heterocycles. The Hall–Kier alpha value is -4.30. The van der Waals surface area contributed by atoms with E-state index in [0.29, 0.717) is 29.7 Å². The predicted molar refractivity (Wildman–Crippen MR) is 153 cm³/mol. The molecule has 0 saturated heterocycles. The summed E-state index contributed by atoms with van der Waals surface area (Å²) >= 11 is 0. The lowest BCUT2D eigenvalue weighted by Crippen LogP contribution is -2.06. The molecule has 1 aliphatic carbocycles. The van der Waals surface area contributed by atoms with Gasteiger partial charge in [-0.05, 0) is 84.0 Å². The van der Waals surface area contributed by atoms with Crippen LogP contribution in [0.3, 0.4) is 0 Å². The number of ether oxygens (including phenoxy) is 2. The van der Waals surface area contributed by atoms with Gasteiger partial charge in [0.25, 0.3) is 0 Å². The number of halogens is 2. The minimum atomic E-state index is -3.52. The number of hydrogen-bond donors (Lipinski definition) is 0. The maximum Gasteiger partial charge on any atom is 0.338 e. The van der Waals surface area contributed by atoms with E-state index >= 15 is 0 Å². The molecule has 210 valence electrons. The lowest BCUT2D eigenvalue weighted by Gasteiger charge is -2.16. The Morgan fingerprint density at radius 2 is 1.61 bits per heavy atom. The summed E-state index contributed by atoms with van der Waals surface area (Å²) in [5, 5.41) is 0. The van der Waals surface area contributed by atoms with Crippen molar-refractivity contribution in [3.8, 4) is 5.75 Å². The third-order valence-electron chi connectivity index (χ3n) is 6.98. The summed E-state index contributed by atoms with van der Waals surface area (Å²) in [6, 6.07) is 24.5. The van der Waals surface area contributed by atoms with E-state index in [4.69, 9.17) is 9.47 Å². The lowest BCUT2D eigenvalue weighted by molar-refractivity contribution is 0.0472. The fourth-order valence-corrected chi connectivity index (χ4v) is 5.54. The van der Waals surface area contributed by atoms with Gasteiger partial charge in [-0.2, -0.15) is 0 Å². The monoisotopic (exact) mass is 574 g/mol. The van der Waals surface area contributed by atoms with Gasteiger partial charge in [0.15, 0.2) is 9.84 Å². The van der Waals surface area contributed by atoms with Crippen molar-refractivity contribution in [2.75, 3.05) is 6.26 Å². The number of sulfone groups is 1. The summed E-state index contributed by atoms with van der Waals surface area (Å²) < 4.78 is 63.9. The van der Waals surface area contributed by atoms with Gasteiger partial charge in [0, 0.05) is 23.4 Å². The average Bonchev–Trinajstić information content (AvgIpc) is 3.45. The number of carbonyl (C=O) groups is 1. The van der Waals surface area contributed by atoms with Crippen molar-refractivity contribution >= 4 is 27.0 Å². The van der Waals surface area contributed by atoms with E-state index in [1.165, 1.54) is 12.1 Å². The molecule has 0 bridgehead atoms. The van der Waals surface area contributed by atoms with E-state index in [2.05, 4.69) is 0 Å². The first kappa shape index (κ1) is 28.2. The summed E-state index contributed by atoms with van der Waals surface area (Å²) in [7, 11) is -3.52. The molecule has 5 nitrogen and oxygen atoms in total. The Balaban J connectivity index is 1.48. The van der Waals surface area contributed by atoms with Gasteiger partial charge >= 0.3 is 5.97 Å². The summed E-state index contributed by atoms with van der Waals surface area (Å²) in [5.41, 5.74) is 4.73. The first-order valence-electron chi connectivity index (χ1n) is 13.1. The summed E-state index contributed by atoms with van der Waals surface area (Å²) in [6.07, 6.45) is 3.33. The van der Waals surface area contributed by atoms with Crippen LogP contribution in [0.1, 0.15) is 51.9 Å². The summed E-state index contributed by atoms with van der Waals surface area (Å²) in [5.74, 6) is -1.47. The van der Waals surface area contributed by atoms with Crippen LogP contribution < -0.4 is 4.74 Å². The highest BCUT2D eigenvalue weighted by atomic mass is 32.2. The molecule has 0 amide bonds. The van der Waals surface area contributed by atoms with Crippen LogP contribution in [0.2, 0.25) is 0 Å². The van der Waals surface area contributed by atoms with Gasteiger partial charge in [-0.15, -0.1) is 0 Å². The van der Waals surface area contributed by atoms with E-state index in [1.807, 2.05) is 36.4 Å². The molecule has 0 unspecified atom stereocenters. The first-order valence-corrected chi connectivity index (χ1v) is 15.0. The lowest BCUT2D eigenvalue weighted by atomic mass is 9.95. The molecule has 0 aliphatic heterocycles. The van der Waals surface area contributed by atoms with E-state index in [0.717, 1.165) is 47.1 Å². The molecular formula is C33H28F2O5S. The van der Waals surface area contributed by atoms with Crippen molar-refractivity contribution in [3.05, 3.63) is 130 Å². The molecule has 41 heavy (non-hydrogen) atoms. The van der Waals surface area contributed by atoms with Crippen molar-refractivity contribution in [1.82, 2.24) is 0 Å². The number of allylic oxidation sites excluding steroid dienone is 2. The van der Waals surface area contributed by atoms with Crippen molar-refractivity contribution in [3.63, 3.8) is 0 Å². The van der Waals surface area contributed by atoms with Crippen molar-refractivity contribution in [2.24, 2.45) is 0 Å². The molecule has 1 aliphatic rings. The molecule has 0 radical (unpaired) electrons. The first-order chi connectivity index (χ1) is 19.7. The van der Waals surface area contributed by atoms with Crippen LogP contribution >= 0.6 is 0 Å². The van der Waals surface area contributed by atoms with Gasteiger partial charge < -0.3 is 9.47 Å². The zero-order chi connectivity index (χ0) is 29.0. The van der Waals surface area contributed by atoms with Crippen LogP contribution in [0.25, 0.3) is 11.1 Å². The van der Waals surface area contributed by atoms with E-state index in [-0.39, 0.29) is 23.7 Å². The molecule has 0 aromatic heterocycles. The van der Waals surface area contributed by atoms with Crippen molar-refractivity contribution in [1.29, 1.82) is 0 Å². The van der Waals surface area contributed by atoms with Gasteiger partial charge in [0.2, 0.25) is 0 Å². The third-order valence-corrected chi connectivity index (χ3v) is 8.09. The molecular weight excluding hydrogens is 546 g/mol. The second-order valence-electron chi connectivity index (χ2n) is 9.91. The molecule has 0 N–H and O–H groups in total. The van der Waals surface area contributed by atoms with Crippen LogP contribution in [0.4, 0.5) is 8.78 Å². The van der Waals surface area contributed by atoms with Gasteiger partial charge in [0.1, 0.15) is 30.6 Å². The molecule has 5 rings (SSSR count). The average molecular weight is 575 g/mol. The van der Waals surface area contributed by atoms with Crippen LogP contribution in [-0.4, -0.2) is 20.6 Å². The topological polar surface area (TPSA) is 69.7 Å². The van der Waals surface area contributed by atoms with Crippen molar-refractivity contribution < 1.29 is 31.5 Å². The van der Waals surface area contributed by atoms with E-state index < -0.39 is 27.4 Å². The quantitative estimate of drug-likeness (QED) is 0.195. The number of benzene rings is 4. The molecule has 8 heteroatoms. The van der Waals surface area contributed by atoms with Crippen LogP contribution in [0, 0.1) is 11.6 Å². The zero-order valence-corrected chi connectivity index (χ0v) is 23.2. The van der Waals surface area contributed by atoms with E-state index in [9.17, 15) is 22.0 Å². The smallest absolute Gasteiger partial charge is 0.338 e. The van der Waals surface area contributed by atoms with Gasteiger partial charge in [-0.3, -0.25) is 0 Å². The van der Waals surface area contributed by atoms with Gasteiger partial charge in [-0.25, -0.2) is 22.0 Å². The highest BCUT2D eigenvalue weighted by Gasteiger charge is 2.23. The third kappa shape index (κ3) is 6.72. The van der Waals surface area contributed by atoms with E-state index in [1.54, 1.807) is 30.3 Å². The molecule has 4 aromatic carbocycles. The Morgan fingerprint density at radius 3 is 2.37 bits per heavy atom. The molecule has 0 saturated carbocycles. The van der Waals surface area contributed by atoms with Crippen LogP contribution in [0.15, 0.2) is 95.9 Å². The maximum atomic E-state index is 14.3. The van der Waals surface area contributed by atoms with Crippen LogP contribution in [-0.2, 0) is 27.8 Å². The SMILES string of the molecule is CS(=O)(=O)c1ccc(OCc2ccc(F)cc2F)c(C2=C(c3cccc(C(=O)OCc4ccccc4)c3)CCC2)c1. The van der Waals surface area contributed by atoms with Gasteiger partial charge in [-0.1, -0.05) is 42.5 Å². The molecule has 0 fully saturated rings. The highest BCUT2D eigenvalue weighted by Crippen LogP contribution is 2.44. The largest absolute Gasteiger partial charge is 0.488 e. The standard InChI is InChI=1S/C33H28F2O5S/c1-41(37,38)27-15-16-32(39-21-25-13-14-26(34)18-31(25)35)30(19-27)29-12-6-11-28(29)23-9-5-10-24(17-23)33(36)40-20-22-7-3-2-4-8-22/h2-5,7-10,13-19H,6,11-12,20-21H2,1H3. The zero-order valence-electron chi connectivity index (χ0n) is 22.4. The Labute approximate surface area is 238 Å². The second kappa shape index (κ2) is 12.1. The van der Waals surface area contributed by atoms with Crippen molar-refractivity contribution in [2.45, 2.75) is 37.4 Å².